The standard InChI is InChI=1S/C15H21FN2O/c1-18-12-4-5-13(18)8-11(7-12)17-10-3-6-15(19-2)14(16)9-10/h3,6,9,11-13,17H,4-5,7-8H2,1-2H3. The maximum absolute atomic E-state index is 13.7. The summed E-state index contributed by atoms with van der Waals surface area (Å²) >= 11 is 0. The van der Waals surface area contributed by atoms with Gasteiger partial charge in [0.05, 0.1) is 7.11 Å². The second-order valence-electron chi connectivity index (χ2n) is 5.71. The van der Waals surface area contributed by atoms with Gasteiger partial charge in [-0.05, 0) is 44.9 Å². The largest absolute Gasteiger partial charge is 0.494 e. The van der Waals surface area contributed by atoms with Gasteiger partial charge in [-0.15, -0.1) is 0 Å². The summed E-state index contributed by atoms with van der Waals surface area (Å²) in [5.41, 5.74) is 0.854. The summed E-state index contributed by atoms with van der Waals surface area (Å²) in [5, 5.41) is 3.47. The third-order valence-corrected chi connectivity index (χ3v) is 4.62. The topological polar surface area (TPSA) is 24.5 Å². The summed E-state index contributed by atoms with van der Waals surface area (Å²) in [7, 11) is 3.71. The van der Waals surface area contributed by atoms with Crippen molar-refractivity contribution >= 4 is 5.69 Å². The molecule has 2 atom stereocenters. The van der Waals surface area contributed by atoms with Crippen LogP contribution < -0.4 is 10.1 Å². The van der Waals surface area contributed by atoms with Crippen LogP contribution in [0.4, 0.5) is 10.1 Å². The number of anilines is 1. The Morgan fingerprint density at radius 2 is 1.95 bits per heavy atom. The van der Waals surface area contributed by atoms with Crippen molar-refractivity contribution in [2.24, 2.45) is 0 Å². The van der Waals surface area contributed by atoms with Crippen LogP contribution in [0.3, 0.4) is 0 Å². The molecule has 3 nitrogen and oxygen atoms in total. The Morgan fingerprint density at radius 3 is 2.53 bits per heavy atom. The van der Waals surface area contributed by atoms with Crippen LogP contribution in [0, 0.1) is 5.82 Å². The van der Waals surface area contributed by atoms with Crippen molar-refractivity contribution < 1.29 is 9.13 Å². The van der Waals surface area contributed by atoms with E-state index in [9.17, 15) is 4.39 Å². The highest BCUT2D eigenvalue weighted by Gasteiger charge is 2.38. The first-order chi connectivity index (χ1) is 9.17. The van der Waals surface area contributed by atoms with E-state index >= 15 is 0 Å². The molecule has 2 aliphatic heterocycles. The fourth-order valence-corrected chi connectivity index (χ4v) is 3.52. The van der Waals surface area contributed by atoms with E-state index in [1.807, 2.05) is 6.07 Å². The van der Waals surface area contributed by atoms with Gasteiger partial charge in [0.15, 0.2) is 11.6 Å². The number of hydrogen-bond acceptors (Lipinski definition) is 3. The monoisotopic (exact) mass is 264 g/mol. The lowest BCUT2D eigenvalue weighted by atomic mass is 9.98. The number of fused-ring (bicyclic) bond motifs is 2. The van der Waals surface area contributed by atoms with Gasteiger partial charge in [-0.2, -0.15) is 0 Å². The molecule has 1 aromatic rings. The fourth-order valence-electron chi connectivity index (χ4n) is 3.52. The zero-order chi connectivity index (χ0) is 13.4. The summed E-state index contributed by atoms with van der Waals surface area (Å²) in [6.07, 6.45) is 4.91. The molecule has 3 rings (SSSR count). The number of nitrogens with zero attached hydrogens (tertiary/aromatic N) is 1. The minimum Gasteiger partial charge on any atom is -0.494 e. The summed E-state index contributed by atoms with van der Waals surface area (Å²) in [5.74, 6) is -0.00241. The van der Waals surface area contributed by atoms with E-state index in [1.54, 1.807) is 6.07 Å². The van der Waals surface area contributed by atoms with E-state index in [1.165, 1.54) is 26.0 Å². The second kappa shape index (κ2) is 5.00. The first-order valence-corrected chi connectivity index (χ1v) is 6.99. The first kappa shape index (κ1) is 12.7. The smallest absolute Gasteiger partial charge is 0.167 e. The highest BCUT2D eigenvalue weighted by molar-refractivity contribution is 5.48. The molecule has 1 aromatic carbocycles. The number of methoxy groups -OCH3 is 1. The number of hydrogen-bond donors (Lipinski definition) is 1. The lowest BCUT2D eigenvalue weighted by Crippen LogP contribution is -2.44. The minimum atomic E-state index is -0.302. The number of halogens is 1. The number of ether oxygens (including phenoxy) is 1. The molecule has 2 unspecified atom stereocenters. The first-order valence-electron chi connectivity index (χ1n) is 6.99. The Labute approximate surface area is 113 Å². The molecule has 4 heteroatoms. The van der Waals surface area contributed by atoms with Crippen LogP contribution in [0.25, 0.3) is 0 Å². The van der Waals surface area contributed by atoms with Crippen molar-refractivity contribution in [3.8, 4) is 5.75 Å². The summed E-state index contributed by atoms with van der Waals surface area (Å²) in [6.45, 7) is 0. The molecular formula is C15H21FN2O. The van der Waals surface area contributed by atoms with Crippen LogP contribution in [0.15, 0.2) is 18.2 Å². The third-order valence-electron chi connectivity index (χ3n) is 4.62. The Hall–Kier alpha value is -1.29. The van der Waals surface area contributed by atoms with Crippen LogP contribution in [0.5, 0.6) is 5.75 Å². The maximum atomic E-state index is 13.7. The number of rotatable bonds is 3. The fraction of sp³-hybridized carbons (Fsp3) is 0.600. The molecule has 2 saturated heterocycles. The van der Waals surface area contributed by atoms with E-state index in [0.29, 0.717) is 23.9 Å². The molecule has 0 amide bonds. The minimum absolute atomic E-state index is 0.300. The second-order valence-corrected chi connectivity index (χ2v) is 5.71. The van der Waals surface area contributed by atoms with Crippen molar-refractivity contribution in [2.75, 3.05) is 19.5 Å². The van der Waals surface area contributed by atoms with Gasteiger partial charge in [0.2, 0.25) is 0 Å². The van der Waals surface area contributed by atoms with E-state index in [4.69, 9.17) is 4.74 Å². The zero-order valence-electron chi connectivity index (χ0n) is 11.5. The van der Waals surface area contributed by atoms with E-state index in [-0.39, 0.29) is 5.82 Å². The molecule has 2 heterocycles. The van der Waals surface area contributed by atoms with Gasteiger partial charge in [-0.25, -0.2) is 4.39 Å². The van der Waals surface area contributed by atoms with Crippen LogP contribution in [0.1, 0.15) is 25.7 Å². The number of piperidine rings is 1. The predicted octanol–water partition coefficient (Wildman–Crippen LogP) is 2.87. The van der Waals surface area contributed by atoms with Gasteiger partial charge in [-0.1, -0.05) is 0 Å². The third kappa shape index (κ3) is 2.41. The molecule has 104 valence electrons. The number of nitrogens with one attached hydrogen (secondary N) is 1. The summed E-state index contributed by atoms with van der Waals surface area (Å²) in [6, 6.07) is 6.95. The van der Waals surface area contributed by atoms with Gasteiger partial charge in [0.25, 0.3) is 0 Å². The van der Waals surface area contributed by atoms with Gasteiger partial charge in [0.1, 0.15) is 0 Å². The van der Waals surface area contributed by atoms with Crippen LogP contribution >= 0.6 is 0 Å². The van der Waals surface area contributed by atoms with Crippen molar-refractivity contribution in [3.05, 3.63) is 24.0 Å². The van der Waals surface area contributed by atoms with Gasteiger partial charge >= 0.3 is 0 Å². The molecule has 19 heavy (non-hydrogen) atoms. The molecule has 2 fully saturated rings. The average molecular weight is 264 g/mol. The van der Waals surface area contributed by atoms with Crippen molar-refractivity contribution in [1.29, 1.82) is 0 Å². The van der Waals surface area contributed by atoms with E-state index < -0.39 is 0 Å². The molecule has 2 bridgehead atoms. The molecular weight excluding hydrogens is 243 g/mol. The molecule has 0 radical (unpaired) electrons. The van der Waals surface area contributed by atoms with Gasteiger partial charge in [0, 0.05) is 29.9 Å². The number of benzene rings is 1. The Kier molecular flexibility index (Phi) is 3.35. The average Bonchev–Trinajstić information content (AvgIpc) is 2.63. The molecule has 1 N–H and O–H groups in total. The quantitative estimate of drug-likeness (QED) is 0.908. The zero-order valence-corrected chi connectivity index (χ0v) is 11.5. The van der Waals surface area contributed by atoms with Gasteiger partial charge < -0.3 is 15.0 Å². The predicted molar refractivity (Wildman–Crippen MR) is 74.2 cm³/mol. The van der Waals surface area contributed by atoms with Crippen LogP contribution in [-0.4, -0.2) is 37.2 Å². The Morgan fingerprint density at radius 1 is 1.26 bits per heavy atom. The van der Waals surface area contributed by atoms with Gasteiger partial charge in [-0.3, -0.25) is 0 Å². The Balaban J connectivity index is 1.67. The maximum Gasteiger partial charge on any atom is 0.167 e. The Bertz CT molecular complexity index is 451. The highest BCUT2D eigenvalue weighted by Crippen LogP contribution is 2.35. The van der Waals surface area contributed by atoms with Crippen molar-refractivity contribution in [2.45, 2.75) is 43.8 Å². The lowest BCUT2D eigenvalue weighted by Gasteiger charge is -2.37. The highest BCUT2D eigenvalue weighted by atomic mass is 19.1. The molecule has 0 aromatic heterocycles. The molecule has 2 aliphatic rings. The van der Waals surface area contributed by atoms with Crippen molar-refractivity contribution in [1.82, 2.24) is 4.90 Å². The molecule has 0 saturated carbocycles. The van der Waals surface area contributed by atoms with E-state index in [0.717, 1.165) is 18.5 Å². The van der Waals surface area contributed by atoms with Crippen molar-refractivity contribution in [3.63, 3.8) is 0 Å². The lowest BCUT2D eigenvalue weighted by molar-refractivity contribution is 0.169. The SMILES string of the molecule is COc1ccc(NC2CC3CCC(C2)N3C)cc1F. The summed E-state index contributed by atoms with van der Waals surface area (Å²) in [4.78, 5) is 2.51. The van der Waals surface area contributed by atoms with Crippen LogP contribution in [0.2, 0.25) is 0 Å². The molecule has 0 spiro atoms. The van der Waals surface area contributed by atoms with E-state index in [2.05, 4.69) is 17.3 Å². The summed E-state index contributed by atoms with van der Waals surface area (Å²) < 4.78 is 18.6. The van der Waals surface area contributed by atoms with Crippen LogP contribution in [-0.2, 0) is 0 Å². The normalized spacial score (nSPS) is 30.4. The molecule has 0 aliphatic carbocycles.